The second-order valence-electron chi connectivity index (χ2n) is 4.41. The highest BCUT2D eigenvalue weighted by Crippen LogP contribution is 2.26. The number of aromatic amines is 1. The monoisotopic (exact) mass is 274 g/mol. The van der Waals surface area contributed by atoms with E-state index < -0.39 is 0 Å². The quantitative estimate of drug-likeness (QED) is 0.792. The maximum absolute atomic E-state index is 6.16. The Hall–Kier alpha value is -1.81. The third-order valence-corrected chi connectivity index (χ3v) is 3.50. The van der Waals surface area contributed by atoms with Crippen LogP contribution in [0.25, 0.3) is 22.6 Å². The van der Waals surface area contributed by atoms with Gasteiger partial charge in [-0.1, -0.05) is 24.6 Å². The van der Waals surface area contributed by atoms with E-state index >= 15 is 0 Å². The number of H-pyrrole nitrogens is 1. The van der Waals surface area contributed by atoms with Crippen molar-refractivity contribution in [1.82, 2.24) is 19.7 Å². The van der Waals surface area contributed by atoms with Crippen LogP contribution in [0, 0.1) is 0 Å². The largest absolute Gasteiger partial charge is 0.337 e. The average Bonchev–Trinajstić information content (AvgIpc) is 3.02. The Balaban J connectivity index is 2.18. The fraction of sp³-hybridized carbons (Fsp3) is 0.286. The lowest BCUT2D eigenvalue weighted by Crippen LogP contribution is -2.00. The molecule has 3 aromatic rings. The molecule has 0 unspecified atom stereocenters. The van der Waals surface area contributed by atoms with E-state index in [1.807, 2.05) is 22.9 Å². The van der Waals surface area contributed by atoms with Crippen molar-refractivity contribution in [3.8, 4) is 11.5 Å². The maximum Gasteiger partial charge on any atom is 0.156 e. The van der Waals surface area contributed by atoms with Crippen molar-refractivity contribution in [1.29, 1.82) is 0 Å². The number of benzene rings is 1. The summed E-state index contributed by atoms with van der Waals surface area (Å²) in [7, 11) is 0. The summed E-state index contributed by atoms with van der Waals surface area (Å²) in [6, 6.07) is 7.82. The van der Waals surface area contributed by atoms with Crippen LogP contribution >= 0.6 is 11.6 Å². The van der Waals surface area contributed by atoms with Crippen LogP contribution in [0.2, 0.25) is 5.02 Å². The van der Waals surface area contributed by atoms with Gasteiger partial charge in [-0.05, 0) is 31.5 Å². The molecule has 2 aromatic heterocycles. The molecule has 0 bridgehead atoms. The van der Waals surface area contributed by atoms with Crippen molar-refractivity contribution >= 4 is 22.6 Å². The first-order chi connectivity index (χ1) is 9.22. The molecule has 4 nitrogen and oxygen atoms in total. The van der Waals surface area contributed by atoms with Crippen molar-refractivity contribution < 1.29 is 0 Å². The summed E-state index contributed by atoms with van der Waals surface area (Å²) >= 11 is 6.16. The predicted octanol–water partition coefficient (Wildman–Crippen LogP) is 3.66. The molecule has 0 spiro atoms. The van der Waals surface area contributed by atoms with Gasteiger partial charge in [-0.25, -0.2) is 4.98 Å². The van der Waals surface area contributed by atoms with Gasteiger partial charge in [0, 0.05) is 6.54 Å². The van der Waals surface area contributed by atoms with Crippen molar-refractivity contribution in [2.45, 2.75) is 26.8 Å². The van der Waals surface area contributed by atoms with Gasteiger partial charge in [0.05, 0.1) is 16.2 Å². The van der Waals surface area contributed by atoms with Gasteiger partial charge in [0.1, 0.15) is 11.2 Å². The summed E-state index contributed by atoms with van der Waals surface area (Å²) in [4.78, 5) is 7.90. The second-order valence-corrected chi connectivity index (χ2v) is 4.82. The number of para-hydroxylation sites is 1. The van der Waals surface area contributed by atoms with E-state index in [1.54, 1.807) is 0 Å². The standard InChI is InChI=1S/C14H15ClN4/c1-3-9-8-12(19(4-2)18-9)14-16-11-7-5-6-10(15)13(11)17-14/h5-8H,3-4H2,1-2H3,(H,16,17). The Labute approximate surface area is 116 Å². The van der Waals surface area contributed by atoms with Crippen molar-refractivity contribution in [3.63, 3.8) is 0 Å². The van der Waals surface area contributed by atoms with Crippen LogP contribution in [0.15, 0.2) is 24.3 Å². The lowest BCUT2D eigenvalue weighted by Gasteiger charge is -2.00. The molecule has 0 atom stereocenters. The summed E-state index contributed by atoms with van der Waals surface area (Å²) in [6.45, 7) is 4.99. The van der Waals surface area contributed by atoms with E-state index in [-0.39, 0.29) is 0 Å². The molecule has 0 aliphatic carbocycles. The van der Waals surface area contributed by atoms with Crippen LogP contribution < -0.4 is 0 Å². The van der Waals surface area contributed by atoms with Crippen LogP contribution in [0.4, 0.5) is 0 Å². The minimum Gasteiger partial charge on any atom is -0.337 e. The molecule has 5 heteroatoms. The SMILES string of the molecule is CCc1cc(-c2nc3c(Cl)cccc3[nH]2)n(CC)n1. The number of halogens is 1. The van der Waals surface area contributed by atoms with E-state index in [4.69, 9.17) is 11.6 Å². The summed E-state index contributed by atoms with van der Waals surface area (Å²) < 4.78 is 1.96. The Bertz CT molecular complexity index is 726. The molecule has 0 saturated heterocycles. The highest BCUT2D eigenvalue weighted by Gasteiger charge is 2.13. The fourth-order valence-corrected chi connectivity index (χ4v) is 2.41. The zero-order valence-electron chi connectivity index (χ0n) is 10.9. The number of rotatable bonds is 3. The predicted molar refractivity (Wildman–Crippen MR) is 77.4 cm³/mol. The number of hydrogen-bond acceptors (Lipinski definition) is 2. The molecule has 19 heavy (non-hydrogen) atoms. The van der Waals surface area contributed by atoms with Crippen LogP contribution in [0.1, 0.15) is 19.5 Å². The number of nitrogens with one attached hydrogen (secondary N) is 1. The molecule has 1 N–H and O–H groups in total. The highest BCUT2D eigenvalue weighted by molar-refractivity contribution is 6.34. The summed E-state index contributed by atoms with van der Waals surface area (Å²) in [5.41, 5.74) is 3.83. The van der Waals surface area contributed by atoms with Crippen molar-refractivity contribution in [2.75, 3.05) is 0 Å². The zero-order valence-corrected chi connectivity index (χ0v) is 11.7. The van der Waals surface area contributed by atoms with Crippen LogP contribution in [-0.4, -0.2) is 19.7 Å². The first-order valence-electron chi connectivity index (χ1n) is 6.44. The number of imidazole rings is 1. The second kappa shape index (κ2) is 4.70. The van der Waals surface area contributed by atoms with Gasteiger partial charge in [-0.3, -0.25) is 4.68 Å². The number of fused-ring (bicyclic) bond motifs is 1. The van der Waals surface area contributed by atoms with Crippen LogP contribution in [0.5, 0.6) is 0 Å². The third-order valence-electron chi connectivity index (χ3n) is 3.20. The molecule has 2 heterocycles. The van der Waals surface area contributed by atoms with Crippen molar-refractivity contribution in [3.05, 3.63) is 35.0 Å². The molecular weight excluding hydrogens is 260 g/mol. The molecule has 0 radical (unpaired) electrons. The Morgan fingerprint density at radius 3 is 2.84 bits per heavy atom. The Morgan fingerprint density at radius 1 is 1.32 bits per heavy atom. The van der Waals surface area contributed by atoms with Gasteiger partial charge in [-0.15, -0.1) is 0 Å². The molecule has 3 rings (SSSR count). The van der Waals surface area contributed by atoms with E-state index in [0.717, 1.165) is 41.2 Å². The molecular formula is C14H15ClN4. The van der Waals surface area contributed by atoms with Gasteiger partial charge < -0.3 is 4.98 Å². The van der Waals surface area contributed by atoms with Gasteiger partial charge in [0.2, 0.25) is 0 Å². The summed E-state index contributed by atoms with van der Waals surface area (Å²) in [5.74, 6) is 0.817. The minimum atomic E-state index is 0.665. The number of aromatic nitrogens is 4. The lowest BCUT2D eigenvalue weighted by molar-refractivity contribution is 0.653. The Kier molecular flexibility index (Phi) is 3.03. The summed E-state index contributed by atoms with van der Waals surface area (Å²) in [6.07, 6.45) is 0.918. The van der Waals surface area contributed by atoms with E-state index in [0.29, 0.717) is 5.02 Å². The third kappa shape index (κ3) is 2.02. The van der Waals surface area contributed by atoms with Gasteiger partial charge in [-0.2, -0.15) is 5.10 Å². The van der Waals surface area contributed by atoms with Gasteiger partial charge in [0.25, 0.3) is 0 Å². The molecule has 1 aromatic carbocycles. The van der Waals surface area contributed by atoms with Gasteiger partial charge >= 0.3 is 0 Å². The van der Waals surface area contributed by atoms with Crippen LogP contribution in [-0.2, 0) is 13.0 Å². The molecule has 0 aliphatic rings. The molecule has 0 fully saturated rings. The summed E-state index contributed by atoms with van der Waals surface area (Å²) in [5, 5.41) is 5.20. The van der Waals surface area contributed by atoms with Gasteiger partial charge in [0.15, 0.2) is 5.82 Å². The number of nitrogens with zero attached hydrogens (tertiary/aromatic N) is 3. The maximum atomic E-state index is 6.16. The van der Waals surface area contributed by atoms with Crippen LogP contribution in [0.3, 0.4) is 0 Å². The molecule has 0 saturated carbocycles. The lowest BCUT2D eigenvalue weighted by atomic mass is 10.3. The first-order valence-corrected chi connectivity index (χ1v) is 6.82. The molecule has 0 amide bonds. The number of aryl methyl sites for hydroxylation is 2. The van der Waals surface area contributed by atoms with E-state index in [2.05, 4.69) is 35.0 Å². The minimum absolute atomic E-state index is 0.665. The number of hydrogen-bond donors (Lipinski definition) is 1. The van der Waals surface area contributed by atoms with E-state index in [1.165, 1.54) is 0 Å². The molecule has 0 aliphatic heterocycles. The fourth-order valence-electron chi connectivity index (χ4n) is 2.19. The normalized spacial score (nSPS) is 11.3. The van der Waals surface area contributed by atoms with E-state index in [9.17, 15) is 0 Å². The highest BCUT2D eigenvalue weighted by atomic mass is 35.5. The van der Waals surface area contributed by atoms with Crippen molar-refractivity contribution in [2.24, 2.45) is 0 Å². The Morgan fingerprint density at radius 2 is 2.16 bits per heavy atom. The topological polar surface area (TPSA) is 46.5 Å². The zero-order chi connectivity index (χ0) is 13.4. The smallest absolute Gasteiger partial charge is 0.156 e. The average molecular weight is 275 g/mol. The molecule has 98 valence electrons. The first kappa shape index (κ1) is 12.2.